The van der Waals surface area contributed by atoms with E-state index in [4.69, 9.17) is 0 Å². The number of hydrogen-bond acceptors (Lipinski definition) is 4. The molecule has 0 saturated heterocycles. The fraction of sp³-hybridized carbons (Fsp3) is 0.400. The van der Waals surface area contributed by atoms with Crippen LogP contribution in [-0.4, -0.2) is 35.4 Å². The summed E-state index contributed by atoms with van der Waals surface area (Å²) in [6.07, 6.45) is 1.38. The Bertz CT molecular complexity index is 593. The number of nitrogens with one attached hydrogen (secondary N) is 1. The number of halogens is 1. The highest BCUT2D eigenvalue weighted by Crippen LogP contribution is 2.14. The summed E-state index contributed by atoms with van der Waals surface area (Å²) in [5, 5.41) is 0. The van der Waals surface area contributed by atoms with E-state index >= 15 is 0 Å². The molecule has 0 aliphatic heterocycles. The van der Waals surface area contributed by atoms with Crippen molar-refractivity contribution in [2.75, 3.05) is 18.6 Å². The molecule has 0 aliphatic carbocycles. The minimum Gasteiger partial charge on any atom is -0.229 e. The van der Waals surface area contributed by atoms with Gasteiger partial charge in [0.05, 0.1) is 10.6 Å². The summed E-state index contributed by atoms with van der Waals surface area (Å²) in [4.78, 5) is 0.157. The highest BCUT2D eigenvalue weighted by atomic mass is 79.9. The van der Waals surface area contributed by atoms with E-state index in [9.17, 15) is 16.8 Å². The van der Waals surface area contributed by atoms with Crippen molar-refractivity contribution in [2.24, 2.45) is 0 Å². The van der Waals surface area contributed by atoms with Crippen molar-refractivity contribution in [1.82, 2.24) is 4.72 Å². The van der Waals surface area contributed by atoms with Crippen LogP contribution in [-0.2, 0) is 19.9 Å². The van der Waals surface area contributed by atoms with Crippen LogP contribution in [0.4, 0.5) is 0 Å². The molecule has 0 spiro atoms. The molecule has 0 saturated carbocycles. The summed E-state index contributed by atoms with van der Waals surface area (Å²) in [6.45, 7) is 0.103. The van der Waals surface area contributed by atoms with Crippen LogP contribution in [0.1, 0.15) is 6.42 Å². The maximum Gasteiger partial charge on any atom is 0.240 e. The lowest BCUT2D eigenvalue weighted by Crippen LogP contribution is -2.26. The summed E-state index contributed by atoms with van der Waals surface area (Å²) in [5.74, 6) is -0.0319. The summed E-state index contributed by atoms with van der Waals surface area (Å²) in [5.41, 5.74) is 0. The third-order valence-corrected chi connectivity index (χ3v) is 5.14. The number of rotatable bonds is 6. The second kappa shape index (κ2) is 6.14. The Morgan fingerprint density at radius 3 is 2.17 bits per heavy atom. The number of benzene rings is 1. The molecule has 1 aromatic carbocycles. The van der Waals surface area contributed by atoms with Crippen molar-refractivity contribution in [3.63, 3.8) is 0 Å². The average Bonchev–Trinajstić information content (AvgIpc) is 2.24. The Kier molecular flexibility index (Phi) is 5.32. The fourth-order valence-corrected chi connectivity index (χ4v) is 3.25. The Balaban J connectivity index is 2.58. The van der Waals surface area contributed by atoms with E-state index in [0.717, 1.165) is 10.7 Å². The molecule has 0 radical (unpaired) electrons. The van der Waals surface area contributed by atoms with Gasteiger partial charge in [0.2, 0.25) is 10.0 Å². The first-order valence-electron chi connectivity index (χ1n) is 5.14. The second-order valence-corrected chi connectivity index (χ2v) is 8.78. The van der Waals surface area contributed by atoms with Gasteiger partial charge in [-0.1, -0.05) is 15.9 Å². The molecule has 0 aromatic heterocycles. The van der Waals surface area contributed by atoms with Crippen LogP contribution in [0, 0.1) is 0 Å². The first kappa shape index (κ1) is 15.6. The predicted molar refractivity (Wildman–Crippen MR) is 73.7 cm³/mol. The minimum absolute atomic E-state index is 0.0319. The smallest absolute Gasteiger partial charge is 0.229 e. The molecule has 18 heavy (non-hydrogen) atoms. The van der Waals surface area contributed by atoms with Crippen LogP contribution in [0.5, 0.6) is 0 Å². The molecule has 0 amide bonds. The normalized spacial score (nSPS) is 12.6. The Morgan fingerprint density at radius 1 is 1.11 bits per heavy atom. The van der Waals surface area contributed by atoms with E-state index in [0.29, 0.717) is 0 Å². The minimum atomic E-state index is -3.56. The van der Waals surface area contributed by atoms with Gasteiger partial charge in [-0.25, -0.2) is 21.6 Å². The van der Waals surface area contributed by atoms with Gasteiger partial charge in [0.15, 0.2) is 0 Å². The second-order valence-electron chi connectivity index (χ2n) is 3.84. The maximum atomic E-state index is 11.8. The lowest BCUT2D eigenvalue weighted by molar-refractivity contribution is 0.577. The molecule has 1 N–H and O–H groups in total. The van der Waals surface area contributed by atoms with E-state index in [1.807, 2.05) is 0 Å². The summed E-state index contributed by atoms with van der Waals surface area (Å²) >= 11 is 3.22. The first-order valence-corrected chi connectivity index (χ1v) is 9.47. The van der Waals surface area contributed by atoms with Gasteiger partial charge in [-0.3, -0.25) is 0 Å². The van der Waals surface area contributed by atoms with Crippen LogP contribution in [0.15, 0.2) is 33.6 Å². The molecule has 1 aromatic rings. The van der Waals surface area contributed by atoms with E-state index < -0.39 is 19.9 Å². The largest absolute Gasteiger partial charge is 0.240 e. The molecule has 0 heterocycles. The van der Waals surface area contributed by atoms with Gasteiger partial charge in [0, 0.05) is 17.3 Å². The summed E-state index contributed by atoms with van der Waals surface area (Å²) < 4.78 is 48.5. The molecule has 8 heteroatoms. The maximum absolute atomic E-state index is 11.8. The third-order valence-electron chi connectivity index (χ3n) is 2.11. The van der Waals surface area contributed by atoms with Gasteiger partial charge in [0.25, 0.3) is 0 Å². The van der Waals surface area contributed by atoms with Crippen molar-refractivity contribution in [1.29, 1.82) is 0 Å². The van der Waals surface area contributed by atoms with Crippen LogP contribution >= 0.6 is 15.9 Å². The lowest BCUT2D eigenvalue weighted by Gasteiger charge is -2.06. The first-order chi connectivity index (χ1) is 8.21. The fourth-order valence-electron chi connectivity index (χ4n) is 1.24. The number of hydrogen-bond donors (Lipinski definition) is 1. The molecule has 0 atom stereocenters. The van der Waals surface area contributed by atoms with Gasteiger partial charge < -0.3 is 0 Å². The predicted octanol–water partition coefficient (Wildman–Crippen LogP) is 1.16. The molecule has 1 rings (SSSR count). The zero-order chi connectivity index (χ0) is 13.8. The molecule has 0 bridgehead atoms. The SMILES string of the molecule is CS(=O)(=O)CCCNS(=O)(=O)c1ccc(Br)cc1. The van der Waals surface area contributed by atoms with Gasteiger partial charge in [-0.05, 0) is 30.7 Å². The molecular formula is C10H14BrNO4S2. The highest BCUT2D eigenvalue weighted by Gasteiger charge is 2.13. The molecule has 0 fully saturated rings. The molecule has 0 unspecified atom stereocenters. The van der Waals surface area contributed by atoms with E-state index in [2.05, 4.69) is 20.7 Å². The Labute approximate surface area is 116 Å². The van der Waals surface area contributed by atoms with Crippen molar-refractivity contribution in [2.45, 2.75) is 11.3 Å². The van der Waals surface area contributed by atoms with E-state index in [1.54, 1.807) is 12.1 Å². The highest BCUT2D eigenvalue weighted by molar-refractivity contribution is 9.10. The van der Waals surface area contributed by atoms with Crippen molar-refractivity contribution < 1.29 is 16.8 Å². The third kappa shape index (κ3) is 5.47. The van der Waals surface area contributed by atoms with Crippen molar-refractivity contribution in [3.05, 3.63) is 28.7 Å². The molecule has 0 aliphatic rings. The summed E-state index contributed by atoms with van der Waals surface area (Å²) in [6, 6.07) is 6.21. The van der Waals surface area contributed by atoms with Gasteiger partial charge in [0.1, 0.15) is 9.84 Å². The zero-order valence-electron chi connectivity index (χ0n) is 9.76. The standard InChI is InChI=1S/C10H14BrNO4S2/c1-17(13,14)8-2-7-12-18(15,16)10-5-3-9(11)4-6-10/h3-6,12H,2,7-8H2,1H3. The number of sulfonamides is 1. The van der Waals surface area contributed by atoms with Gasteiger partial charge in [-0.2, -0.15) is 0 Å². The quantitative estimate of drug-likeness (QED) is 0.776. The number of sulfone groups is 1. The van der Waals surface area contributed by atoms with Gasteiger partial charge in [-0.15, -0.1) is 0 Å². The summed E-state index contributed by atoms with van der Waals surface area (Å²) in [7, 11) is -6.61. The van der Waals surface area contributed by atoms with Crippen molar-refractivity contribution >= 4 is 35.8 Å². The monoisotopic (exact) mass is 355 g/mol. The Hall–Kier alpha value is -0.440. The lowest BCUT2D eigenvalue weighted by atomic mass is 10.4. The van der Waals surface area contributed by atoms with E-state index in [-0.39, 0.29) is 23.6 Å². The van der Waals surface area contributed by atoms with Crippen molar-refractivity contribution in [3.8, 4) is 0 Å². The zero-order valence-corrected chi connectivity index (χ0v) is 13.0. The topological polar surface area (TPSA) is 80.3 Å². The van der Waals surface area contributed by atoms with Gasteiger partial charge >= 0.3 is 0 Å². The molecular weight excluding hydrogens is 342 g/mol. The Morgan fingerprint density at radius 2 is 1.67 bits per heavy atom. The molecule has 5 nitrogen and oxygen atoms in total. The van der Waals surface area contributed by atoms with Crippen LogP contribution in [0.25, 0.3) is 0 Å². The van der Waals surface area contributed by atoms with Crippen LogP contribution in [0.3, 0.4) is 0 Å². The average molecular weight is 356 g/mol. The molecule has 102 valence electrons. The van der Waals surface area contributed by atoms with Crippen LogP contribution in [0.2, 0.25) is 0 Å². The van der Waals surface area contributed by atoms with Crippen LogP contribution < -0.4 is 4.72 Å². The van der Waals surface area contributed by atoms with E-state index in [1.165, 1.54) is 12.1 Å².